The molecule has 1 aliphatic rings. The number of ether oxygens (including phenoxy) is 5. The zero-order valence-corrected chi connectivity index (χ0v) is 22.5. The van der Waals surface area contributed by atoms with E-state index in [4.69, 9.17) is 46.9 Å². The van der Waals surface area contributed by atoms with Crippen molar-refractivity contribution >= 4 is 23.2 Å². The lowest BCUT2D eigenvalue weighted by atomic mass is 9.79. The minimum Gasteiger partial charge on any atom is -0.381 e. The Morgan fingerprint density at radius 3 is 1.59 bits per heavy atom. The second-order valence-corrected chi connectivity index (χ2v) is 9.96. The van der Waals surface area contributed by atoms with Crippen LogP contribution in [0.4, 0.5) is 0 Å². The quantitative estimate of drug-likeness (QED) is 0.287. The number of aliphatic hydroxyl groups is 1. The molecule has 3 aromatic carbocycles. The van der Waals surface area contributed by atoms with Crippen molar-refractivity contribution in [2.75, 3.05) is 27.9 Å². The molecule has 1 N–H and O–H groups in total. The van der Waals surface area contributed by atoms with Crippen LogP contribution in [0.2, 0.25) is 0 Å². The summed E-state index contributed by atoms with van der Waals surface area (Å²) in [6.07, 6.45) is -3.61. The average Bonchev–Trinajstić information content (AvgIpc) is 2.95. The van der Waals surface area contributed by atoms with Crippen molar-refractivity contribution in [3.05, 3.63) is 108 Å². The van der Waals surface area contributed by atoms with Crippen molar-refractivity contribution in [1.82, 2.24) is 0 Å². The van der Waals surface area contributed by atoms with Crippen molar-refractivity contribution in [2.45, 2.75) is 40.6 Å². The van der Waals surface area contributed by atoms with E-state index in [0.29, 0.717) is 0 Å². The van der Waals surface area contributed by atoms with E-state index in [1.54, 1.807) is 0 Å². The Kier molecular flexibility index (Phi) is 9.27. The molecule has 4 rings (SSSR count). The molecule has 0 saturated carbocycles. The highest BCUT2D eigenvalue weighted by atomic mass is 35.5. The molecule has 0 unspecified atom stereocenters. The van der Waals surface area contributed by atoms with E-state index in [0.717, 1.165) is 16.7 Å². The van der Waals surface area contributed by atoms with Gasteiger partial charge in [0.15, 0.2) is 11.9 Å². The number of methoxy groups -OCH3 is 3. The third kappa shape index (κ3) is 5.18. The van der Waals surface area contributed by atoms with E-state index in [-0.39, 0.29) is 6.61 Å². The first kappa shape index (κ1) is 28.0. The fourth-order valence-electron chi connectivity index (χ4n) is 5.09. The van der Waals surface area contributed by atoms with Crippen molar-refractivity contribution in [3.63, 3.8) is 0 Å². The Balaban J connectivity index is 1.83. The predicted molar refractivity (Wildman–Crippen MR) is 143 cm³/mol. The zero-order valence-electron chi connectivity index (χ0n) is 21.0. The number of rotatable bonds is 10. The lowest BCUT2D eigenvalue weighted by Crippen LogP contribution is -2.71. The van der Waals surface area contributed by atoms with Crippen molar-refractivity contribution in [2.24, 2.45) is 0 Å². The molecule has 1 heterocycles. The SMILES string of the molecule is CO[C@H]1O[C@H](COC(c2ccccc2)(c2ccccc2)c2ccccc2)[C@](O)(C(Cl)Cl)[C@H](OC)[C@H]1OC. The van der Waals surface area contributed by atoms with Crippen LogP contribution in [0.5, 0.6) is 0 Å². The van der Waals surface area contributed by atoms with Crippen LogP contribution in [0.1, 0.15) is 16.7 Å². The molecule has 1 aliphatic heterocycles. The maximum absolute atomic E-state index is 11.9. The Bertz CT molecular complexity index is 1000. The monoisotopic (exact) mass is 546 g/mol. The van der Waals surface area contributed by atoms with E-state index in [1.807, 2.05) is 91.0 Å². The van der Waals surface area contributed by atoms with Gasteiger partial charge < -0.3 is 28.8 Å². The second-order valence-electron chi connectivity index (χ2n) is 8.86. The van der Waals surface area contributed by atoms with Gasteiger partial charge in [0.1, 0.15) is 28.7 Å². The summed E-state index contributed by atoms with van der Waals surface area (Å²) in [4.78, 5) is -1.28. The first-order chi connectivity index (χ1) is 17.9. The normalized spacial score (nSPS) is 26.4. The fourth-order valence-corrected chi connectivity index (χ4v) is 5.62. The van der Waals surface area contributed by atoms with Gasteiger partial charge in [0.2, 0.25) is 0 Å². The summed E-state index contributed by atoms with van der Waals surface area (Å²) >= 11 is 12.8. The van der Waals surface area contributed by atoms with Gasteiger partial charge in [-0.2, -0.15) is 0 Å². The van der Waals surface area contributed by atoms with Crippen LogP contribution in [-0.4, -0.2) is 68.1 Å². The summed E-state index contributed by atoms with van der Waals surface area (Å²) in [5.41, 5.74) is -0.196. The molecule has 0 radical (unpaired) electrons. The standard InChI is InChI=1S/C29H32Cl2O6/c1-33-24-25(34-2)28(32,27(30)31)23(37-26(24)35-3)19-36-29(20-13-7-4-8-14-20,21-15-9-5-10-16-21)22-17-11-6-12-18-22/h4-18,23-27,32H,19H2,1-3H3/t23-,24-,25-,26+,28-/m1/s1. The second kappa shape index (κ2) is 12.2. The molecule has 5 atom stereocenters. The maximum atomic E-state index is 11.9. The number of hydrogen-bond donors (Lipinski definition) is 1. The molecule has 0 bridgehead atoms. The number of alkyl halides is 2. The van der Waals surface area contributed by atoms with Crippen LogP contribution < -0.4 is 0 Å². The molecule has 1 saturated heterocycles. The summed E-state index contributed by atoms with van der Waals surface area (Å²) < 4.78 is 29.8. The van der Waals surface area contributed by atoms with Gasteiger partial charge in [0, 0.05) is 21.3 Å². The van der Waals surface area contributed by atoms with Crippen LogP contribution in [0, 0.1) is 0 Å². The molecule has 0 aromatic heterocycles. The minimum atomic E-state index is -1.87. The number of hydrogen-bond acceptors (Lipinski definition) is 6. The van der Waals surface area contributed by atoms with Crippen LogP contribution in [-0.2, 0) is 29.3 Å². The molecular weight excluding hydrogens is 515 g/mol. The largest absolute Gasteiger partial charge is 0.381 e. The highest BCUT2D eigenvalue weighted by molar-refractivity contribution is 6.45. The van der Waals surface area contributed by atoms with Gasteiger partial charge in [-0.05, 0) is 16.7 Å². The third-order valence-corrected chi connectivity index (χ3v) is 7.64. The molecule has 37 heavy (non-hydrogen) atoms. The van der Waals surface area contributed by atoms with Gasteiger partial charge in [-0.25, -0.2) is 0 Å². The summed E-state index contributed by atoms with van der Waals surface area (Å²) in [7, 11) is 4.43. The van der Waals surface area contributed by atoms with Gasteiger partial charge in [-0.1, -0.05) is 91.0 Å². The molecule has 0 aliphatic carbocycles. The summed E-state index contributed by atoms with van der Waals surface area (Å²) in [6, 6.07) is 29.7. The summed E-state index contributed by atoms with van der Waals surface area (Å²) in [5, 5.41) is 11.9. The number of halogens is 2. The molecule has 198 valence electrons. The van der Waals surface area contributed by atoms with Crippen molar-refractivity contribution in [3.8, 4) is 0 Å². The van der Waals surface area contributed by atoms with E-state index in [2.05, 4.69) is 0 Å². The topological polar surface area (TPSA) is 66.4 Å². The van der Waals surface area contributed by atoms with Crippen LogP contribution in [0.3, 0.4) is 0 Å². The van der Waals surface area contributed by atoms with E-state index < -0.39 is 40.6 Å². The summed E-state index contributed by atoms with van der Waals surface area (Å²) in [5.74, 6) is 0. The summed E-state index contributed by atoms with van der Waals surface area (Å²) in [6.45, 7) is -0.0960. The smallest absolute Gasteiger partial charge is 0.186 e. The Morgan fingerprint density at radius 1 is 0.784 bits per heavy atom. The molecule has 3 aromatic rings. The van der Waals surface area contributed by atoms with E-state index >= 15 is 0 Å². The van der Waals surface area contributed by atoms with E-state index in [1.165, 1.54) is 21.3 Å². The Labute approximate surface area is 228 Å². The van der Waals surface area contributed by atoms with Gasteiger partial charge >= 0.3 is 0 Å². The fraction of sp³-hybridized carbons (Fsp3) is 0.379. The van der Waals surface area contributed by atoms with Gasteiger partial charge in [0.05, 0.1) is 6.61 Å². The van der Waals surface area contributed by atoms with Gasteiger partial charge in [-0.3, -0.25) is 0 Å². The first-order valence-electron chi connectivity index (χ1n) is 12.0. The van der Waals surface area contributed by atoms with Gasteiger partial charge in [0.25, 0.3) is 0 Å². The minimum absolute atomic E-state index is 0.0960. The zero-order chi connectivity index (χ0) is 26.5. The molecule has 8 heteroatoms. The van der Waals surface area contributed by atoms with Gasteiger partial charge in [-0.15, -0.1) is 23.2 Å². The van der Waals surface area contributed by atoms with Crippen LogP contribution in [0.25, 0.3) is 0 Å². The highest BCUT2D eigenvalue weighted by Gasteiger charge is 2.60. The lowest BCUT2D eigenvalue weighted by molar-refractivity contribution is -0.335. The molecule has 0 spiro atoms. The Morgan fingerprint density at radius 2 is 1.24 bits per heavy atom. The number of benzene rings is 3. The maximum Gasteiger partial charge on any atom is 0.186 e. The molecule has 6 nitrogen and oxygen atoms in total. The first-order valence-corrected chi connectivity index (χ1v) is 12.9. The predicted octanol–water partition coefficient (Wildman–Crippen LogP) is 4.93. The third-order valence-electron chi connectivity index (χ3n) is 6.94. The highest BCUT2D eigenvalue weighted by Crippen LogP contribution is 2.44. The molecular formula is C29H32Cl2O6. The Hall–Kier alpha value is -2.00. The van der Waals surface area contributed by atoms with Crippen LogP contribution >= 0.6 is 23.2 Å². The molecule has 0 amide bonds. The average molecular weight is 547 g/mol. The van der Waals surface area contributed by atoms with Crippen molar-refractivity contribution in [1.29, 1.82) is 0 Å². The van der Waals surface area contributed by atoms with E-state index in [9.17, 15) is 5.11 Å². The molecule has 1 fully saturated rings. The lowest BCUT2D eigenvalue weighted by Gasteiger charge is -2.51. The van der Waals surface area contributed by atoms with Crippen LogP contribution in [0.15, 0.2) is 91.0 Å². The van der Waals surface area contributed by atoms with Crippen molar-refractivity contribution < 1.29 is 28.8 Å².